The Balaban J connectivity index is 1.53. The summed E-state index contributed by atoms with van der Waals surface area (Å²) >= 11 is 0. The minimum Gasteiger partial charge on any atom is -0.489 e. The van der Waals surface area contributed by atoms with Crippen molar-refractivity contribution in [1.29, 1.82) is 0 Å². The van der Waals surface area contributed by atoms with Gasteiger partial charge in [-0.3, -0.25) is 0 Å². The second-order valence-corrected chi connectivity index (χ2v) is 5.43. The van der Waals surface area contributed by atoms with Crippen molar-refractivity contribution in [3.8, 4) is 5.75 Å². The molecule has 0 unspecified atom stereocenters. The Morgan fingerprint density at radius 1 is 0.950 bits per heavy atom. The maximum absolute atomic E-state index is 5.85. The third kappa shape index (κ3) is 3.61. The van der Waals surface area contributed by atoms with Gasteiger partial charge < -0.3 is 10.1 Å². The van der Waals surface area contributed by atoms with E-state index in [2.05, 4.69) is 35.6 Å². The van der Waals surface area contributed by atoms with Crippen LogP contribution >= 0.6 is 0 Å². The average molecular weight is 267 g/mol. The Kier molecular flexibility index (Phi) is 4.34. The maximum atomic E-state index is 5.85. The Hall–Kier alpha value is -1.80. The molecule has 1 fully saturated rings. The summed E-state index contributed by atoms with van der Waals surface area (Å²) in [6.07, 6.45) is 4.02. The summed E-state index contributed by atoms with van der Waals surface area (Å²) in [6, 6.07) is 19.4. The molecule has 0 aromatic heterocycles. The zero-order chi connectivity index (χ0) is 13.6. The molecule has 0 radical (unpaired) electrons. The molecule has 0 heterocycles. The highest BCUT2D eigenvalue weighted by molar-refractivity contribution is 5.29. The molecule has 1 saturated carbocycles. The first kappa shape index (κ1) is 13.2. The van der Waals surface area contributed by atoms with Crippen molar-refractivity contribution in [2.24, 2.45) is 0 Å². The van der Waals surface area contributed by atoms with Gasteiger partial charge in [0.2, 0.25) is 0 Å². The number of rotatable bonds is 6. The molecular formula is C18H21NO. The van der Waals surface area contributed by atoms with Gasteiger partial charge in [-0.2, -0.15) is 0 Å². The monoisotopic (exact) mass is 267 g/mol. The fraction of sp³-hybridized carbons (Fsp3) is 0.333. The van der Waals surface area contributed by atoms with Crippen molar-refractivity contribution < 1.29 is 4.74 Å². The predicted molar refractivity (Wildman–Crippen MR) is 81.7 cm³/mol. The molecule has 2 nitrogen and oxygen atoms in total. The quantitative estimate of drug-likeness (QED) is 0.857. The maximum Gasteiger partial charge on any atom is 0.120 e. The van der Waals surface area contributed by atoms with Gasteiger partial charge in [0.25, 0.3) is 0 Å². The second-order valence-electron chi connectivity index (χ2n) is 5.43. The van der Waals surface area contributed by atoms with Crippen LogP contribution in [-0.2, 0) is 13.2 Å². The largest absolute Gasteiger partial charge is 0.489 e. The van der Waals surface area contributed by atoms with E-state index in [1.807, 2.05) is 24.3 Å². The van der Waals surface area contributed by atoms with Crippen LogP contribution in [0.2, 0.25) is 0 Å². The summed E-state index contributed by atoms with van der Waals surface area (Å²) in [4.78, 5) is 0. The van der Waals surface area contributed by atoms with Crippen molar-refractivity contribution >= 4 is 0 Å². The molecule has 20 heavy (non-hydrogen) atoms. The molecule has 0 spiro atoms. The normalized spacial score (nSPS) is 14.8. The summed E-state index contributed by atoms with van der Waals surface area (Å²) in [5.41, 5.74) is 2.49. The second kappa shape index (κ2) is 6.58. The molecule has 0 atom stereocenters. The van der Waals surface area contributed by atoms with E-state index in [1.165, 1.54) is 30.4 Å². The van der Waals surface area contributed by atoms with Crippen LogP contribution in [0.25, 0.3) is 0 Å². The molecule has 2 heteroatoms. The van der Waals surface area contributed by atoms with Gasteiger partial charge in [-0.25, -0.2) is 0 Å². The van der Waals surface area contributed by atoms with E-state index in [0.29, 0.717) is 6.61 Å². The van der Waals surface area contributed by atoms with Crippen LogP contribution in [0.5, 0.6) is 5.75 Å². The molecule has 0 aliphatic heterocycles. The van der Waals surface area contributed by atoms with Crippen LogP contribution in [0.15, 0.2) is 54.6 Å². The molecule has 3 rings (SSSR count). The first-order valence-corrected chi connectivity index (χ1v) is 7.39. The molecule has 1 aliphatic carbocycles. The summed E-state index contributed by atoms with van der Waals surface area (Å²) in [5.74, 6) is 0.946. The van der Waals surface area contributed by atoms with E-state index < -0.39 is 0 Å². The van der Waals surface area contributed by atoms with E-state index in [1.54, 1.807) is 0 Å². The van der Waals surface area contributed by atoms with Crippen LogP contribution in [0, 0.1) is 0 Å². The third-order valence-electron chi connectivity index (χ3n) is 3.85. The van der Waals surface area contributed by atoms with Crippen molar-refractivity contribution in [2.75, 3.05) is 0 Å². The van der Waals surface area contributed by atoms with Crippen LogP contribution in [-0.4, -0.2) is 6.04 Å². The van der Waals surface area contributed by atoms with Gasteiger partial charge in [-0.1, -0.05) is 48.9 Å². The highest BCUT2D eigenvalue weighted by Crippen LogP contribution is 2.20. The zero-order valence-electron chi connectivity index (χ0n) is 11.7. The summed E-state index contributed by atoms with van der Waals surface area (Å²) in [7, 11) is 0. The number of ether oxygens (including phenoxy) is 1. The van der Waals surface area contributed by atoms with E-state index in [0.717, 1.165) is 18.3 Å². The zero-order valence-corrected chi connectivity index (χ0v) is 11.7. The SMILES string of the molecule is c1ccc(COc2cccc(CNC3CCC3)c2)cc1. The molecule has 1 N–H and O–H groups in total. The van der Waals surface area contributed by atoms with Gasteiger partial charge in [0.1, 0.15) is 12.4 Å². The molecule has 0 bridgehead atoms. The highest BCUT2D eigenvalue weighted by Gasteiger charge is 2.15. The fourth-order valence-corrected chi connectivity index (χ4v) is 2.36. The van der Waals surface area contributed by atoms with E-state index in [-0.39, 0.29) is 0 Å². The lowest BCUT2D eigenvalue weighted by Crippen LogP contribution is -2.34. The van der Waals surface area contributed by atoms with Gasteiger partial charge in [0.15, 0.2) is 0 Å². The van der Waals surface area contributed by atoms with Crippen LogP contribution in [0.3, 0.4) is 0 Å². The first-order valence-electron chi connectivity index (χ1n) is 7.39. The Morgan fingerprint density at radius 2 is 1.75 bits per heavy atom. The standard InChI is InChI=1S/C18H21NO/c1-2-6-15(7-3-1)14-20-18-11-4-8-16(12-18)13-19-17-9-5-10-17/h1-4,6-8,11-12,17,19H,5,9-10,13-14H2. The van der Waals surface area contributed by atoms with Crippen LogP contribution in [0.1, 0.15) is 30.4 Å². The molecule has 0 amide bonds. The van der Waals surface area contributed by atoms with Crippen molar-refractivity contribution in [2.45, 2.75) is 38.5 Å². The van der Waals surface area contributed by atoms with Gasteiger partial charge in [-0.15, -0.1) is 0 Å². The highest BCUT2D eigenvalue weighted by atomic mass is 16.5. The Labute approximate surface area is 120 Å². The van der Waals surface area contributed by atoms with Crippen LogP contribution in [0.4, 0.5) is 0 Å². The number of hydrogen-bond donors (Lipinski definition) is 1. The van der Waals surface area contributed by atoms with Gasteiger partial charge in [-0.05, 0) is 36.1 Å². The summed E-state index contributed by atoms with van der Waals surface area (Å²) in [5, 5.41) is 3.58. The lowest BCUT2D eigenvalue weighted by Gasteiger charge is -2.26. The van der Waals surface area contributed by atoms with Gasteiger partial charge in [0.05, 0.1) is 0 Å². The molecule has 0 saturated heterocycles. The molecule has 104 valence electrons. The minimum atomic E-state index is 0.625. The fourth-order valence-electron chi connectivity index (χ4n) is 2.36. The first-order chi connectivity index (χ1) is 9.90. The number of hydrogen-bond acceptors (Lipinski definition) is 2. The number of nitrogens with one attached hydrogen (secondary N) is 1. The van der Waals surface area contributed by atoms with Crippen LogP contribution < -0.4 is 10.1 Å². The molecular weight excluding hydrogens is 246 g/mol. The third-order valence-corrected chi connectivity index (χ3v) is 3.85. The smallest absolute Gasteiger partial charge is 0.120 e. The predicted octanol–water partition coefficient (Wildman–Crippen LogP) is 3.91. The van der Waals surface area contributed by atoms with Crippen molar-refractivity contribution in [1.82, 2.24) is 5.32 Å². The van der Waals surface area contributed by atoms with Crippen molar-refractivity contribution in [3.05, 3.63) is 65.7 Å². The van der Waals surface area contributed by atoms with E-state index >= 15 is 0 Å². The van der Waals surface area contributed by atoms with Gasteiger partial charge in [0, 0.05) is 12.6 Å². The topological polar surface area (TPSA) is 21.3 Å². The molecule has 2 aromatic rings. The summed E-state index contributed by atoms with van der Waals surface area (Å²) < 4.78 is 5.85. The van der Waals surface area contributed by atoms with E-state index in [9.17, 15) is 0 Å². The lowest BCUT2D eigenvalue weighted by molar-refractivity contribution is 0.305. The van der Waals surface area contributed by atoms with Gasteiger partial charge >= 0.3 is 0 Å². The Bertz CT molecular complexity index is 534. The molecule has 2 aromatic carbocycles. The molecule has 1 aliphatic rings. The lowest BCUT2D eigenvalue weighted by atomic mass is 9.93. The average Bonchev–Trinajstić information content (AvgIpc) is 2.45. The number of benzene rings is 2. The van der Waals surface area contributed by atoms with Crippen molar-refractivity contribution in [3.63, 3.8) is 0 Å². The minimum absolute atomic E-state index is 0.625. The Morgan fingerprint density at radius 3 is 2.50 bits per heavy atom. The summed E-state index contributed by atoms with van der Waals surface area (Å²) in [6.45, 7) is 1.56. The van der Waals surface area contributed by atoms with E-state index in [4.69, 9.17) is 4.74 Å².